The molecule has 2 amide bonds. The van der Waals surface area contributed by atoms with Crippen LogP contribution in [0.3, 0.4) is 0 Å². The van der Waals surface area contributed by atoms with Gasteiger partial charge in [0.1, 0.15) is 37.9 Å². The number of amides is 2. The molecule has 16 nitrogen and oxygen atoms in total. The highest BCUT2D eigenvalue weighted by molar-refractivity contribution is 5.78. The lowest BCUT2D eigenvalue weighted by Crippen LogP contribution is -2.37. The molecular weight excluding hydrogens is 680 g/mol. The Morgan fingerprint density at radius 3 is 1.44 bits per heavy atom. The van der Waals surface area contributed by atoms with Crippen molar-refractivity contribution in [1.29, 1.82) is 0 Å². The minimum atomic E-state index is -0.816. The monoisotopic (exact) mass is 755 g/mol. The summed E-state index contributed by atoms with van der Waals surface area (Å²) in [7, 11) is 0. The zero-order valence-corrected chi connectivity index (χ0v) is 32.2. The maximum atomic E-state index is 11.9. The van der Waals surface area contributed by atoms with Gasteiger partial charge in [-0.05, 0) is 39.3 Å². The summed E-state index contributed by atoms with van der Waals surface area (Å²) in [6.07, 6.45) is 10.5. The first-order valence-corrected chi connectivity index (χ1v) is 19.4. The molecule has 0 aromatic carbocycles. The number of unbranched alkanes of at least 4 members (excludes halogenated alkanes) is 10. The van der Waals surface area contributed by atoms with Crippen LogP contribution in [0.5, 0.6) is 0 Å². The molecule has 0 aliphatic rings. The summed E-state index contributed by atoms with van der Waals surface area (Å²) in [5, 5.41) is 50.3. The fraction of sp³-hybridized carbons (Fsp3) is 0.944. The first-order chi connectivity index (χ1) is 25.4. The lowest BCUT2D eigenvalue weighted by atomic mass is 10.1. The quantitative estimate of drug-likeness (QED) is 0.0317. The minimum absolute atomic E-state index is 0.00105. The van der Waals surface area contributed by atoms with Gasteiger partial charge in [0.2, 0.25) is 11.8 Å². The normalized spacial score (nSPS) is 13.9. The van der Waals surface area contributed by atoms with E-state index in [1.807, 2.05) is 6.92 Å². The molecule has 0 spiro atoms. The molecule has 0 radical (unpaired) electrons. The van der Waals surface area contributed by atoms with Gasteiger partial charge in [-0.25, -0.2) is 0 Å². The van der Waals surface area contributed by atoms with Crippen molar-refractivity contribution in [1.82, 2.24) is 21.3 Å². The van der Waals surface area contributed by atoms with Crippen LogP contribution in [0.2, 0.25) is 0 Å². The van der Waals surface area contributed by atoms with Crippen LogP contribution in [0.15, 0.2) is 0 Å². The third-order valence-corrected chi connectivity index (χ3v) is 7.80. The first kappa shape index (κ1) is 50.5. The van der Waals surface area contributed by atoms with E-state index in [0.717, 1.165) is 58.0 Å². The van der Waals surface area contributed by atoms with E-state index in [-0.39, 0.29) is 91.2 Å². The van der Waals surface area contributed by atoms with Crippen LogP contribution in [-0.4, -0.2) is 162 Å². The lowest BCUT2D eigenvalue weighted by molar-refractivity contribution is -0.124. The lowest BCUT2D eigenvalue weighted by Gasteiger charge is -2.18. The van der Waals surface area contributed by atoms with Gasteiger partial charge in [-0.2, -0.15) is 0 Å². The van der Waals surface area contributed by atoms with Crippen molar-refractivity contribution in [3.8, 4) is 0 Å². The second-order valence-electron chi connectivity index (χ2n) is 12.8. The van der Waals surface area contributed by atoms with Crippen molar-refractivity contribution in [2.45, 2.75) is 115 Å². The molecule has 0 aromatic rings. The fourth-order valence-corrected chi connectivity index (χ4v) is 4.74. The van der Waals surface area contributed by atoms with E-state index in [9.17, 15) is 30.0 Å². The van der Waals surface area contributed by atoms with E-state index in [4.69, 9.17) is 28.4 Å². The van der Waals surface area contributed by atoms with Crippen molar-refractivity contribution >= 4 is 11.8 Å². The van der Waals surface area contributed by atoms with E-state index < -0.39 is 24.4 Å². The van der Waals surface area contributed by atoms with E-state index in [1.165, 1.54) is 32.1 Å². The number of aliphatic hydroxyl groups is 4. The Labute approximate surface area is 312 Å². The van der Waals surface area contributed by atoms with Crippen LogP contribution >= 0.6 is 0 Å². The Morgan fingerprint density at radius 1 is 0.538 bits per heavy atom. The van der Waals surface area contributed by atoms with E-state index in [0.29, 0.717) is 13.2 Å². The minimum Gasteiger partial charge on any atom is -0.394 e. The second kappa shape index (κ2) is 39.2. The van der Waals surface area contributed by atoms with Crippen molar-refractivity contribution in [2.24, 2.45) is 0 Å². The van der Waals surface area contributed by atoms with Gasteiger partial charge < -0.3 is 70.1 Å². The van der Waals surface area contributed by atoms with Gasteiger partial charge in [0.25, 0.3) is 0 Å². The van der Waals surface area contributed by atoms with Crippen LogP contribution in [0.4, 0.5) is 0 Å². The van der Waals surface area contributed by atoms with Gasteiger partial charge >= 0.3 is 0 Å². The van der Waals surface area contributed by atoms with E-state index in [2.05, 4.69) is 28.2 Å². The van der Waals surface area contributed by atoms with Gasteiger partial charge in [-0.3, -0.25) is 9.59 Å². The number of aliphatic hydroxyl groups excluding tert-OH is 4. The van der Waals surface area contributed by atoms with Gasteiger partial charge in [0, 0.05) is 13.2 Å². The van der Waals surface area contributed by atoms with Crippen molar-refractivity contribution in [2.75, 3.05) is 106 Å². The SMILES string of the molecule is CCCCCCCCNCC(=O)NCOCC(CO)OCC(O)COCCCCCCCCNCC(=O)NCOCC(CO)OCC(O)COCC. The number of carbonyl (C=O) groups is 2. The summed E-state index contributed by atoms with van der Waals surface area (Å²) in [4.78, 5) is 23.8. The van der Waals surface area contributed by atoms with Crippen molar-refractivity contribution in [3.63, 3.8) is 0 Å². The van der Waals surface area contributed by atoms with Crippen LogP contribution in [-0.2, 0) is 38.0 Å². The molecule has 4 atom stereocenters. The highest BCUT2D eigenvalue weighted by atomic mass is 16.6. The van der Waals surface area contributed by atoms with E-state index >= 15 is 0 Å². The molecular formula is C36H74N4O12. The van der Waals surface area contributed by atoms with Crippen LogP contribution in [0.1, 0.15) is 90.9 Å². The molecule has 0 saturated carbocycles. The first-order valence-electron chi connectivity index (χ1n) is 19.4. The molecule has 0 rings (SSSR count). The summed E-state index contributed by atoms with van der Waals surface area (Å²) < 4.78 is 32.3. The third-order valence-electron chi connectivity index (χ3n) is 7.80. The predicted octanol–water partition coefficient (Wildman–Crippen LogP) is 0.577. The van der Waals surface area contributed by atoms with Crippen LogP contribution < -0.4 is 21.3 Å². The fourth-order valence-electron chi connectivity index (χ4n) is 4.74. The number of ether oxygens (including phenoxy) is 6. The predicted molar refractivity (Wildman–Crippen MR) is 198 cm³/mol. The molecule has 52 heavy (non-hydrogen) atoms. The molecule has 4 unspecified atom stereocenters. The van der Waals surface area contributed by atoms with Gasteiger partial charge in [-0.15, -0.1) is 0 Å². The largest absolute Gasteiger partial charge is 0.394 e. The average Bonchev–Trinajstić information content (AvgIpc) is 3.14. The van der Waals surface area contributed by atoms with Crippen LogP contribution in [0, 0.1) is 0 Å². The summed E-state index contributed by atoms with van der Waals surface area (Å²) >= 11 is 0. The second-order valence-corrected chi connectivity index (χ2v) is 12.8. The van der Waals surface area contributed by atoms with E-state index in [1.54, 1.807) is 0 Å². The van der Waals surface area contributed by atoms with Crippen molar-refractivity contribution in [3.05, 3.63) is 0 Å². The van der Waals surface area contributed by atoms with Crippen LogP contribution in [0.25, 0.3) is 0 Å². The Morgan fingerprint density at radius 2 is 0.981 bits per heavy atom. The molecule has 310 valence electrons. The molecule has 0 bridgehead atoms. The highest BCUT2D eigenvalue weighted by Crippen LogP contribution is 2.06. The van der Waals surface area contributed by atoms with Gasteiger partial charge in [-0.1, -0.05) is 64.7 Å². The standard InChI is InChI=1S/C36H74N4O12/c1-3-5-6-7-10-13-16-37-19-35(45)40-30-50-28-34(22-42)52-26-32(44)24-48-18-15-12-9-8-11-14-17-38-20-36(46)39-29-49-27-33(21-41)51-25-31(43)23-47-4-2/h31-34,37-38,41-44H,3-30H2,1-2H3,(H,39,46)(H,40,45). The molecule has 0 aromatic heterocycles. The molecule has 16 heteroatoms. The Balaban J connectivity index is 3.58. The zero-order chi connectivity index (χ0) is 38.3. The molecule has 0 aliphatic heterocycles. The molecule has 0 fully saturated rings. The van der Waals surface area contributed by atoms with Gasteiger partial charge in [0.05, 0.1) is 65.9 Å². The maximum absolute atomic E-state index is 11.9. The molecule has 0 aliphatic carbocycles. The zero-order valence-electron chi connectivity index (χ0n) is 32.2. The summed E-state index contributed by atoms with van der Waals surface area (Å²) in [6.45, 7) is 7.04. The van der Waals surface area contributed by atoms with Crippen molar-refractivity contribution < 1.29 is 58.4 Å². The average molecular weight is 755 g/mol. The molecule has 0 heterocycles. The molecule has 0 saturated heterocycles. The number of hydrogen-bond donors (Lipinski definition) is 8. The Kier molecular flexibility index (Phi) is 38.0. The topological polar surface area (TPSA) is 219 Å². The number of rotatable bonds is 41. The highest BCUT2D eigenvalue weighted by Gasteiger charge is 2.14. The third kappa shape index (κ3) is 35.5. The van der Waals surface area contributed by atoms with Gasteiger partial charge in [0.15, 0.2) is 0 Å². The summed E-state index contributed by atoms with van der Waals surface area (Å²) in [5.41, 5.74) is 0. The summed E-state index contributed by atoms with van der Waals surface area (Å²) in [5.74, 6) is -0.340. The number of carbonyl (C=O) groups excluding carboxylic acids is 2. The Bertz CT molecular complexity index is 790. The number of hydrogen-bond acceptors (Lipinski definition) is 14. The maximum Gasteiger partial charge on any atom is 0.235 e. The molecule has 8 N–H and O–H groups in total. The summed E-state index contributed by atoms with van der Waals surface area (Å²) in [6, 6.07) is 0. The Hall–Kier alpha value is -1.54. The smallest absolute Gasteiger partial charge is 0.235 e. The number of nitrogens with one attached hydrogen (secondary N) is 4.